The Hall–Kier alpha value is -1.58. The largest absolute Gasteiger partial charge is 0.477 e. The monoisotopic (exact) mass is 383 g/mol. The van der Waals surface area contributed by atoms with Gasteiger partial charge < -0.3 is 25.3 Å². The van der Waals surface area contributed by atoms with Crippen LogP contribution in [0.15, 0.2) is 10.6 Å². The van der Waals surface area contributed by atoms with E-state index in [1.54, 1.807) is 25.9 Å². The molecule has 9 heteroatoms. The molecule has 0 aromatic heterocycles. The highest BCUT2D eigenvalue weighted by Gasteiger charge is 2.60. The van der Waals surface area contributed by atoms with Gasteiger partial charge in [0.25, 0.3) is 0 Å². The molecule has 0 aliphatic carbocycles. The fourth-order valence-electron chi connectivity index (χ4n) is 4.15. The van der Waals surface area contributed by atoms with Crippen LogP contribution in [-0.4, -0.2) is 81.9 Å². The number of aliphatic hydroxyl groups excluding tert-OH is 1. The van der Waals surface area contributed by atoms with Crippen LogP contribution in [0.3, 0.4) is 0 Å². The summed E-state index contributed by atoms with van der Waals surface area (Å²) in [6.45, 7) is 4.08. The van der Waals surface area contributed by atoms with Gasteiger partial charge in [-0.25, -0.2) is 4.79 Å². The number of likely N-dealkylation sites (N-methyl/N-ethyl adjacent to an activating group) is 1. The molecule has 3 N–H and O–H groups in total. The molecule has 2 amide bonds. The number of carboxylic acid groups (broad SMARTS) is 1. The summed E-state index contributed by atoms with van der Waals surface area (Å²) in [6, 6.07) is -0.568. The van der Waals surface area contributed by atoms with Crippen molar-refractivity contribution in [3.63, 3.8) is 0 Å². The van der Waals surface area contributed by atoms with Crippen LogP contribution >= 0.6 is 11.8 Å². The molecule has 0 aromatic carbocycles. The number of rotatable bonds is 5. The third kappa shape index (κ3) is 2.91. The summed E-state index contributed by atoms with van der Waals surface area (Å²) in [5.74, 6) is -2.14. The molecule has 26 heavy (non-hydrogen) atoms. The molecule has 3 aliphatic heterocycles. The number of carbonyl (C=O) groups is 3. The number of fused-ring (bicyclic) bond motifs is 1. The normalized spacial score (nSPS) is 34.6. The quantitative estimate of drug-likeness (QED) is 0.559. The summed E-state index contributed by atoms with van der Waals surface area (Å²) < 4.78 is 0. The highest BCUT2D eigenvalue weighted by molar-refractivity contribution is 8.03. The zero-order chi connectivity index (χ0) is 19.3. The van der Waals surface area contributed by atoms with Crippen LogP contribution in [0.5, 0.6) is 0 Å². The number of thioether (sulfide) groups is 1. The predicted octanol–water partition coefficient (Wildman–Crippen LogP) is -0.308. The SMILES string of the molecule is C[C@@H]1C(S[C@H]2CN[C@@H](C(=O)N(C)C)C2)=C(C(=O)O)N2C(=O)[C@@H]([C@@H](C)O)[C@H]12. The van der Waals surface area contributed by atoms with Crippen LogP contribution in [0.1, 0.15) is 20.3 Å². The van der Waals surface area contributed by atoms with Crippen molar-refractivity contribution < 1.29 is 24.6 Å². The van der Waals surface area contributed by atoms with Crippen molar-refractivity contribution in [3.8, 4) is 0 Å². The summed E-state index contributed by atoms with van der Waals surface area (Å²) >= 11 is 1.45. The molecule has 144 valence electrons. The van der Waals surface area contributed by atoms with E-state index in [0.717, 1.165) is 0 Å². The Morgan fingerprint density at radius 3 is 2.58 bits per heavy atom. The summed E-state index contributed by atoms with van der Waals surface area (Å²) in [4.78, 5) is 39.8. The van der Waals surface area contributed by atoms with Crippen molar-refractivity contribution in [2.75, 3.05) is 20.6 Å². The summed E-state index contributed by atoms with van der Waals surface area (Å²) in [6.07, 6.45) is -0.190. The van der Waals surface area contributed by atoms with Crippen LogP contribution in [-0.2, 0) is 14.4 Å². The third-order valence-corrected chi connectivity index (χ3v) is 6.95. The molecule has 0 unspecified atom stereocenters. The van der Waals surface area contributed by atoms with Crippen molar-refractivity contribution in [1.82, 2.24) is 15.1 Å². The van der Waals surface area contributed by atoms with Crippen LogP contribution in [0.2, 0.25) is 0 Å². The number of aliphatic hydroxyl groups is 1. The molecular formula is C17H25N3O5S. The number of β-lactam (4-membered cyclic amide) rings is 1. The first kappa shape index (κ1) is 19.2. The van der Waals surface area contributed by atoms with Crippen molar-refractivity contribution in [2.45, 2.75) is 43.7 Å². The fourth-order valence-corrected chi connectivity index (χ4v) is 5.63. The Morgan fingerprint density at radius 1 is 1.38 bits per heavy atom. The van der Waals surface area contributed by atoms with Crippen molar-refractivity contribution >= 4 is 29.5 Å². The lowest BCUT2D eigenvalue weighted by Crippen LogP contribution is -2.63. The Kier molecular flexibility index (Phi) is 5.06. The topological polar surface area (TPSA) is 110 Å². The smallest absolute Gasteiger partial charge is 0.353 e. The molecule has 6 atom stereocenters. The highest BCUT2D eigenvalue weighted by atomic mass is 32.2. The molecule has 2 saturated heterocycles. The molecule has 2 fully saturated rings. The van der Waals surface area contributed by atoms with Crippen molar-refractivity contribution in [3.05, 3.63) is 10.6 Å². The number of hydrogen-bond acceptors (Lipinski definition) is 6. The molecular weight excluding hydrogens is 358 g/mol. The van der Waals surface area contributed by atoms with E-state index in [1.807, 2.05) is 6.92 Å². The van der Waals surface area contributed by atoms with Gasteiger partial charge in [0, 0.05) is 36.7 Å². The fraction of sp³-hybridized carbons (Fsp3) is 0.706. The van der Waals surface area contributed by atoms with Gasteiger partial charge in [0.15, 0.2) is 0 Å². The van der Waals surface area contributed by atoms with E-state index in [-0.39, 0.29) is 40.8 Å². The lowest BCUT2D eigenvalue weighted by molar-refractivity contribution is -0.163. The molecule has 0 saturated carbocycles. The lowest BCUT2D eigenvalue weighted by Gasteiger charge is -2.46. The maximum Gasteiger partial charge on any atom is 0.353 e. The minimum absolute atomic E-state index is 0.00757. The van der Waals surface area contributed by atoms with Gasteiger partial charge in [0.05, 0.1) is 24.1 Å². The number of hydrogen-bond donors (Lipinski definition) is 3. The summed E-state index contributed by atoms with van der Waals surface area (Å²) in [5, 5.41) is 22.8. The van der Waals surface area contributed by atoms with Crippen LogP contribution in [0.4, 0.5) is 0 Å². The molecule has 0 bridgehead atoms. The average Bonchev–Trinajstić information content (AvgIpc) is 3.09. The Balaban J connectivity index is 1.78. The second kappa shape index (κ2) is 6.86. The zero-order valence-electron chi connectivity index (χ0n) is 15.3. The van der Waals surface area contributed by atoms with Gasteiger partial charge in [-0.15, -0.1) is 11.8 Å². The van der Waals surface area contributed by atoms with Gasteiger partial charge >= 0.3 is 5.97 Å². The van der Waals surface area contributed by atoms with Gasteiger partial charge in [0.1, 0.15) is 5.70 Å². The minimum atomic E-state index is -1.12. The maximum atomic E-state index is 12.3. The van der Waals surface area contributed by atoms with E-state index in [2.05, 4.69) is 5.32 Å². The van der Waals surface area contributed by atoms with Crippen LogP contribution in [0, 0.1) is 11.8 Å². The lowest BCUT2D eigenvalue weighted by atomic mass is 9.79. The number of aliphatic carboxylic acids is 1. The van der Waals surface area contributed by atoms with E-state index >= 15 is 0 Å². The first-order chi connectivity index (χ1) is 12.1. The van der Waals surface area contributed by atoms with Crippen molar-refractivity contribution in [1.29, 1.82) is 0 Å². The van der Waals surface area contributed by atoms with E-state index in [0.29, 0.717) is 17.9 Å². The molecule has 0 spiro atoms. The van der Waals surface area contributed by atoms with E-state index < -0.39 is 18.0 Å². The van der Waals surface area contributed by atoms with Gasteiger partial charge in [-0.05, 0) is 13.3 Å². The van der Waals surface area contributed by atoms with Crippen LogP contribution < -0.4 is 5.32 Å². The number of carboxylic acids is 1. The Labute approximate surface area is 156 Å². The van der Waals surface area contributed by atoms with Crippen molar-refractivity contribution in [2.24, 2.45) is 11.8 Å². The van der Waals surface area contributed by atoms with Gasteiger partial charge in [0.2, 0.25) is 11.8 Å². The molecule has 3 aliphatic rings. The van der Waals surface area contributed by atoms with Gasteiger partial charge in [-0.2, -0.15) is 0 Å². The molecule has 0 aromatic rings. The predicted molar refractivity (Wildman–Crippen MR) is 96.1 cm³/mol. The number of carbonyl (C=O) groups excluding carboxylic acids is 2. The second-order valence-electron chi connectivity index (χ2n) is 7.44. The molecule has 8 nitrogen and oxygen atoms in total. The number of nitrogens with one attached hydrogen (secondary N) is 1. The molecule has 0 radical (unpaired) electrons. The second-order valence-corrected chi connectivity index (χ2v) is 8.78. The standard InChI is InChI=1S/C17H25N3O5S/c1-7-12-11(8(2)21)16(23)20(12)13(17(24)25)14(7)26-9-5-10(18-6-9)15(22)19(3)4/h7-12,18,21H,5-6H2,1-4H3,(H,24,25)/t7-,8+,9+,10+,11-,12-/m0/s1. The highest BCUT2D eigenvalue weighted by Crippen LogP contribution is 2.51. The maximum absolute atomic E-state index is 12.3. The van der Waals surface area contributed by atoms with E-state index in [9.17, 15) is 24.6 Å². The first-order valence-corrected chi connectivity index (χ1v) is 9.62. The summed E-state index contributed by atoms with van der Waals surface area (Å²) in [5.41, 5.74) is 0.0387. The Morgan fingerprint density at radius 2 is 2.04 bits per heavy atom. The zero-order valence-corrected chi connectivity index (χ0v) is 16.1. The van der Waals surface area contributed by atoms with E-state index in [4.69, 9.17) is 0 Å². The first-order valence-electron chi connectivity index (χ1n) is 8.75. The Bertz CT molecular complexity index is 677. The number of amides is 2. The van der Waals surface area contributed by atoms with Gasteiger partial charge in [-0.1, -0.05) is 6.92 Å². The molecule has 3 heterocycles. The summed E-state index contributed by atoms with van der Waals surface area (Å²) in [7, 11) is 3.42. The van der Waals surface area contributed by atoms with E-state index in [1.165, 1.54) is 16.7 Å². The number of nitrogens with zero attached hydrogens (tertiary/aromatic N) is 2. The minimum Gasteiger partial charge on any atom is -0.477 e. The molecule has 3 rings (SSSR count). The third-order valence-electron chi connectivity index (χ3n) is 5.43. The average molecular weight is 383 g/mol. The van der Waals surface area contributed by atoms with Crippen LogP contribution in [0.25, 0.3) is 0 Å². The van der Waals surface area contributed by atoms with Gasteiger partial charge in [-0.3, -0.25) is 9.59 Å².